The lowest BCUT2D eigenvalue weighted by Crippen LogP contribution is -1.92. The molecule has 0 saturated heterocycles. The summed E-state index contributed by atoms with van der Waals surface area (Å²) in [6, 6.07) is 0. The van der Waals surface area contributed by atoms with Crippen molar-refractivity contribution in [1.82, 2.24) is 5.16 Å². The minimum absolute atomic E-state index is 0.443. The van der Waals surface area contributed by atoms with E-state index in [0.717, 1.165) is 11.3 Å². The van der Waals surface area contributed by atoms with Crippen LogP contribution in [0.4, 0.5) is 0 Å². The first-order valence-corrected chi connectivity index (χ1v) is 3.28. The molecule has 0 unspecified atom stereocenters. The lowest BCUT2D eigenvalue weighted by molar-refractivity contribution is 0.146. The van der Waals surface area contributed by atoms with E-state index in [1.54, 1.807) is 20.4 Å². The van der Waals surface area contributed by atoms with Crippen LogP contribution in [-0.2, 0) is 22.7 Å². The van der Waals surface area contributed by atoms with Crippen molar-refractivity contribution in [2.45, 2.75) is 13.2 Å². The molecule has 0 aromatic carbocycles. The zero-order valence-corrected chi connectivity index (χ0v) is 6.66. The van der Waals surface area contributed by atoms with Gasteiger partial charge in [0, 0.05) is 19.8 Å². The summed E-state index contributed by atoms with van der Waals surface area (Å²) in [5, 5.41) is 3.62. The fourth-order valence-electron chi connectivity index (χ4n) is 0.808. The van der Waals surface area contributed by atoms with Crippen molar-refractivity contribution in [3.63, 3.8) is 0 Å². The Balaban J connectivity index is 2.62. The average Bonchev–Trinajstić information content (AvgIpc) is 2.39. The maximum absolute atomic E-state index is 4.92. The molecule has 0 aliphatic rings. The normalized spacial score (nSPS) is 10.4. The Morgan fingerprint density at radius 2 is 2.09 bits per heavy atom. The summed E-state index contributed by atoms with van der Waals surface area (Å²) in [5.41, 5.74) is 0.939. The van der Waals surface area contributed by atoms with Gasteiger partial charge in [-0.25, -0.2) is 0 Å². The fourth-order valence-corrected chi connectivity index (χ4v) is 0.808. The van der Waals surface area contributed by atoms with Crippen LogP contribution in [0.25, 0.3) is 0 Å². The smallest absolute Gasteiger partial charge is 0.167 e. The van der Waals surface area contributed by atoms with Gasteiger partial charge in [-0.2, -0.15) is 0 Å². The molecular formula is C7H11NO3. The highest BCUT2D eigenvalue weighted by Gasteiger charge is 2.05. The number of methoxy groups -OCH3 is 2. The van der Waals surface area contributed by atoms with E-state index in [9.17, 15) is 0 Å². The quantitative estimate of drug-likeness (QED) is 0.653. The summed E-state index contributed by atoms with van der Waals surface area (Å²) in [4.78, 5) is 0. The number of ether oxygens (including phenoxy) is 2. The second-order valence-electron chi connectivity index (χ2n) is 2.14. The van der Waals surface area contributed by atoms with Crippen molar-refractivity contribution in [2.24, 2.45) is 0 Å². The van der Waals surface area contributed by atoms with Crippen LogP contribution >= 0.6 is 0 Å². The second-order valence-corrected chi connectivity index (χ2v) is 2.14. The van der Waals surface area contributed by atoms with Gasteiger partial charge in [0.15, 0.2) is 5.76 Å². The van der Waals surface area contributed by atoms with Crippen molar-refractivity contribution in [3.05, 3.63) is 17.5 Å². The molecule has 4 nitrogen and oxygen atoms in total. The molecule has 0 amide bonds. The van der Waals surface area contributed by atoms with Gasteiger partial charge in [0.1, 0.15) is 6.61 Å². The van der Waals surface area contributed by atoms with E-state index in [1.807, 2.05) is 0 Å². The van der Waals surface area contributed by atoms with Gasteiger partial charge >= 0.3 is 0 Å². The molecule has 0 aliphatic heterocycles. The third-order valence-electron chi connectivity index (χ3n) is 1.30. The highest BCUT2D eigenvalue weighted by atomic mass is 16.5. The molecule has 0 spiro atoms. The first-order valence-electron chi connectivity index (χ1n) is 3.28. The Hall–Kier alpha value is -0.870. The van der Waals surface area contributed by atoms with Crippen LogP contribution in [0.3, 0.4) is 0 Å². The molecule has 0 aliphatic carbocycles. The van der Waals surface area contributed by atoms with E-state index in [-0.39, 0.29) is 0 Å². The van der Waals surface area contributed by atoms with Gasteiger partial charge < -0.3 is 14.0 Å². The van der Waals surface area contributed by atoms with E-state index in [1.165, 1.54) is 0 Å². The van der Waals surface area contributed by atoms with Gasteiger partial charge in [0.25, 0.3) is 0 Å². The fraction of sp³-hybridized carbons (Fsp3) is 0.571. The Morgan fingerprint density at radius 3 is 2.73 bits per heavy atom. The lowest BCUT2D eigenvalue weighted by atomic mass is 10.3. The first kappa shape index (κ1) is 8.23. The lowest BCUT2D eigenvalue weighted by Gasteiger charge is -1.96. The molecule has 1 heterocycles. The summed E-state index contributed by atoms with van der Waals surface area (Å²) >= 11 is 0. The zero-order chi connectivity index (χ0) is 8.10. The highest BCUT2D eigenvalue weighted by Crippen LogP contribution is 2.09. The monoisotopic (exact) mass is 157 g/mol. The van der Waals surface area contributed by atoms with Gasteiger partial charge in [0.2, 0.25) is 0 Å². The van der Waals surface area contributed by atoms with Crippen molar-refractivity contribution >= 4 is 0 Å². The van der Waals surface area contributed by atoms with Crippen LogP contribution in [0.15, 0.2) is 10.7 Å². The molecule has 62 valence electrons. The molecule has 0 radical (unpaired) electrons. The van der Waals surface area contributed by atoms with Crippen LogP contribution in [0.1, 0.15) is 11.3 Å². The molecule has 0 atom stereocenters. The molecule has 1 aromatic heterocycles. The predicted molar refractivity (Wildman–Crippen MR) is 37.9 cm³/mol. The zero-order valence-electron chi connectivity index (χ0n) is 6.66. The molecule has 0 bridgehead atoms. The van der Waals surface area contributed by atoms with Crippen molar-refractivity contribution in [2.75, 3.05) is 14.2 Å². The second kappa shape index (κ2) is 4.10. The average molecular weight is 157 g/mol. The summed E-state index contributed by atoms with van der Waals surface area (Å²) in [6.07, 6.45) is 1.64. The van der Waals surface area contributed by atoms with E-state index >= 15 is 0 Å². The van der Waals surface area contributed by atoms with Crippen LogP contribution < -0.4 is 0 Å². The maximum Gasteiger partial charge on any atom is 0.167 e. The number of nitrogens with zero attached hydrogens (tertiary/aromatic N) is 1. The molecule has 4 heteroatoms. The van der Waals surface area contributed by atoms with Crippen LogP contribution in [-0.4, -0.2) is 19.4 Å². The molecule has 11 heavy (non-hydrogen) atoms. The topological polar surface area (TPSA) is 44.5 Å². The third-order valence-corrected chi connectivity index (χ3v) is 1.30. The van der Waals surface area contributed by atoms with Crippen LogP contribution in [0.2, 0.25) is 0 Å². The number of hydrogen-bond donors (Lipinski definition) is 0. The largest absolute Gasteiger partial charge is 0.380 e. The van der Waals surface area contributed by atoms with E-state index in [2.05, 4.69) is 5.16 Å². The maximum atomic E-state index is 4.92. The Bertz CT molecular complexity index is 189. The van der Waals surface area contributed by atoms with Gasteiger partial charge in [-0.1, -0.05) is 5.16 Å². The number of rotatable bonds is 4. The summed E-state index contributed by atoms with van der Waals surface area (Å²) in [7, 11) is 3.24. The van der Waals surface area contributed by atoms with Gasteiger partial charge in [-0.05, 0) is 0 Å². The Labute approximate surface area is 65.1 Å². The Kier molecular flexibility index (Phi) is 3.07. The third kappa shape index (κ3) is 2.03. The SMILES string of the molecule is COCc1cnoc1COC. The molecule has 0 fully saturated rings. The molecule has 1 aromatic rings. The molecule has 0 saturated carbocycles. The van der Waals surface area contributed by atoms with Crippen LogP contribution in [0.5, 0.6) is 0 Å². The minimum atomic E-state index is 0.443. The first-order chi connectivity index (χ1) is 5.38. The van der Waals surface area contributed by atoms with Crippen molar-refractivity contribution < 1.29 is 14.0 Å². The van der Waals surface area contributed by atoms with E-state index < -0.39 is 0 Å². The minimum Gasteiger partial charge on any atom is -0.380 e. The molecular weight excluding hydrogens is 146 g/mol. The Morgan fingerprint density at radius 1 is 1.36 bits per heavy atom. The van der Waals surface area contributed by atoms with Crippen molar-refractivity contribution in [3.8, 4) is 0 Å². The van der Waals surface area contributed by atoms with E-state index in [4.69, 9.17) is 14.0 Å². The molecule has 1 rings (SSSR count). The molecule has 0 N–H and O–H groups in total. The van der Waals surface area contributed by atoms with Crippen LogP contribution in [0, 0.1) is 0 Å². The summed E-state index contributed by atoms with van der Waals surface area (Å²) in [5.74, 6) is 0.731. The van der Waals surface area contributed by atoms with E-state index in [0.29, 0.717) is 13.2 Å². The van der Waals surface area contributed by atoms with Gasteiger partial charge in [-0.15, -0.1) is 0 Å². The summed E-state index contributed by atoms with van der Waals surface area (Å²) < 4.78 is 14.7. The van der Waals surface area contributed by atoms with Gasteiger partial charge in [-0.3, -0.25) is 0 Å². The number of aromatic nitrogens is 1. The summed E-state index contributed by atoms with van der Waals surface area (Å²) in [6.45, 7) is 0.959. The number of hydrogen-bond acceptors (Lipinski definition) is 4. The predicted octanol–water partition coefficient (Wildman–Crippen LogP) is 0.967. The standard InChI is InChI=1S/C7H11NO3/c1-9-4-6-3-8-11-7(6)5-10-2/h3H,4-5H2,1-2H3. The highest BCUT2D eigenvalue weighted by molar-refractivity contribution is 5.10. The van der Waals surface area contributed by atoms with Gasteiger partial charge in [0.05, 0.1) is 12.8 Å². The van der Waals surface area contributed by atoms with Crippen molar-refractivity contribution in [1.29, 1.82) is 0 Å².